The van der Waals surface area contributed by atoms with Gasteiger partial charge in [0.2, 0.25) is 0 Å². The van der Waals surface area contributed by atoms with Gasteiger partial charge in [-0.25, -0.2) is 9.13 Å². The van der Waals surface area contributed by atoms with Gasteiger partial charge in [-0.1, -0.05) is 356 Å². The Kier molecular flexibility index (Phi) is 68.7. The van der Waals surface area contributed by atoms with Crippen molar-refractivity contribution in [3.05, 3.63) is 0 Å². The summed E-state index contributed by atoms with van der Waals surface area (Å²) in [6.07, 6.45) is 59.7. The van der Waals surface area contributed by atoms with Crippen molar-refractivity contribution < 1.29 is 80.2 Å². The van der Waals surface area contributed by atoms with E-state index < -0.39 is 97.5 Å². The SMILES string of the molecule is CCCCCCCCCCCCCCCCCCCCCCC(=O)O[C@H](COC(=O)CCCCCCCCCCCCCCCCC)COP(=O)(O)OC[C@@H](O)COP(=O)(O)OC[C@@H](COC(=O)CCCCCCCCC(C)CC)OC(=O)CCCCCCCCCCCCC. The van der Waals surface area contributed by atoms with Crippen LogP contribution < -0.4 is 0 Å². The van der Waals surface area contributed by atoms with Crippen molar-refractivity contribution in [1.29, 1.82) is 0 Å². The van der Waals surface area contributed by atoms with Crippen molar-refractivity contribution in [3.63, 3.8) is 0 Å². The maximum absolute atomic E-state index is 13.1. The van der Waals surface area contributed by atoms with E-state index in [0.717, 1.165) is 102 Å². The summed E-state index contributed by atoms with van der Waals surface area (Å²) in [5.74, 6) is -1.38. The summed E-state index contributed by atoms with van der Waals surface area (Å²) in [4.78, 5) is 72.8. The Morgan fingerprint density at radius 1 is 0.292 bits per heavy atom. The quantitative estimate of drug-likeness (QED) is 0.0222. The maximum Gasteiger partial charge on any atom is 0.472 e. The van der Waals surface area contributed by atoms with Crippen LogP contribution in [0.25, 0.3) is 0 Å². The predicted molar refractivity (Wildman–Crippen MR) is 391 cm³/mol. The van der Waals surface area contributed by atoms with E-state index in [-0.39, 0.29) is 25.7 Å². The number of aliphatic hydroxyl groups excluding tert-OH is 1. The Balaban J connectivity index is 5.21. The molecule has 0 aromatic heterocycles. The first kappa shape index (κ1) is 94.1. The minimum atomic E-state index is -4.96. The van der Waals surface area contributed by atoms with Crippen LogP contribution in [-0.2, 0) is 65.4 Å². The van der Waals surface area contributed by atoms with Gasteiger partial charge in [-0.05, 0) is 31.6 Å². The molecule has 17 nitrogen and oxygen atoms in total. The molecule has 570 valence electrons. The fraction of sp³-hybridized carbons (Fsp3) is 0.948. The zero-order chi connectivity index (χ0) is 70.5. The number of carbonyl (C=O) groups is 4. The van der Waals surface area contributed by atoms with E-state index >= 15 is 0 Å². The van der Waals surface area contributed by atoms with Crippen molar-refractivity contribution in [2.75, 3.05) is 39.6 Å². The van der Waals surface area contributed by atoms with Gasteiger partial charge in [0.25, 0.3) is 0 Å². The molecule has 19 heteroatoms. The van der Waals surface area contributed by atoms with Crippen molar-refractivity contribution in [2.24, 2.45) is 5.92 Å². The van der Waals surface area contributed by atoms with Crippen molar-refractivity contribution in [3.8, 4) is 0 Å². The number of rotatable bonds is 77. The molecular formula is C77H150O17P2. The number of ether oxygens (including phenoxy) is 4. The molecule has 0 aliphatic carbocycles. The Labute approximate surface area is 588 Å². The maximum atomic E-state index is 13.1. The summed E-state index contributed by atoms with van der Waals surface area (Å²) in [6.45, 7) is 7.26. The fourth-order valence-corrected chi connectivity index (χ4v) is 13.4. The second-order valence-corrected chi connectivity index (χ2v) is 30.9. The average molecular weight is 1410 g/mol. The fourth-order valence-electron chi connectivity index (χ4n) is 11.8. The minimum Gasteiger partial charge on any atom is -0.462 e. The summed E-state index contributed by atoms with van der Waals surface area (Å²) in [5, 5.41) is 10.6. The lowest BCUT2D eigenvalue weighted by Gasteiger charge is -2.21. The van der Waals surface area contributed by atoms with Crippen LogP contribution in [-0.4, -0.2) is 96.7 Å². The van der Waals surface area contributed by atoms with Crippen molar-refractivity contribution in [1.82, 2.24) is 0 Å². The van der Waals surface area contributed by atoms with Gasteiger partial charge in [-0.15, -0.1) is 0 Å². The van der Waals surface area contributed by atoms with Crippen molar-refractivity contribution in [2.45, 2.75) is 425 Å². The van der Waals surface area contributed by atoms with E-state index in [2.05, 4.69) is 34.6 Å². The average Bonchev–Trinajstić information content (AvgIpc) is 1.28. The molecule has 0 saturated carbocycles. The topological polar surface area (TPSA) is 237 Å². The molecule has 0 heterocycles. The van der Waals surface area contributed by atoms with E-state index in [1.54, 1.807) is 0 Å². The lowest BCUT2D eigenvalue weighted by Crippen LogP contribution is -2.30. The van der Waals surface area contributed by atoms with E-state index in [4.69, 9.17) is 37.0 Å². The first-order valence-electron chi connectivity index (χ1n) is 40.2. The predicted octanol–water partition coefficient (Wildman–Crippen LogP) is 22.9. The Morgan fingerprint density at radius 2 is 0.500 bits per heavy atom. The third-order valence-corrected chi connectivity index (χ3v) is 20.3. The zero-order valence-corrected chi connectivity index (χ0v) is 64.3. The summed E-state index contributed by atoms with van der Waals surface area (Å²) in [7, 11) is -9.91. The Bertz CT molecular complexity index is 1840. The molecule has 0 bridgehead atoms. The number of hydrogen-bond donors (Lipinski definition) is 3. The minimum absolute atomic E-state index is 0.106. The number of esters is 4. The lowest BCUT2D eigenvalue weighted by atomic mass is 10.00. The number of hydrogen-bond acceptors (Lipinski definition) is 15. The molecule has 0 aliphatic heterocycles. The lowest BCUT2D eigenvalue weighted by molar-refractivity contribution is -0.161. The van der Waals surface area contributed by atoms with Gasteiger partial charge < -0.3 is 33.8 Å². The van der Waals surface area contributed by atoms with Crippen LogP contribution in [0.4, 0.5) is 0 Å². The molecular weight excluding hydrogens is 1260 g/mol. The monoisotopic (exact) mass is 1410 g/mol. The second-order valence-electron chi connectivity index (χ2n) is 28.0. The smallest absolute Gasteiger partial charge is 0.462 e. The number of unbranched alkanes of at least 4 members (excludes halogenated alkanes) is 48. The molecule has 0 aliphatic rings. The Hall–Kier alpha value is -1.94. The second kappa shape index (κ2) is 70.1. The molecule has 0 amide bonds. The van der Waals surface area contributed by atoms with Crippen LogP contribution in [0.15, 0.2) is 0 Å². The summed E-state index contributed by atoms with van der Waals surface area (Å²) >= 11 is 0. The highest BCUT2D eigenvalue weighted by Crippen LogP contribution is 2.45. The largest absolute Gasteiger partial charge is 0.472 e. The number of phosphoric ester groups is 2. The normalized spacial score (nSPS) is 14.2. The Morgan fingerprint density at radius 3 is 0.740 bits per heavy atom. The zero-order valence-electron chi connectivity index (χ0n) is 62.5. The third-order valence-electron chi connectivity index (χ3n) is 18.4. The van der Waals surface area contributed by atoms with E-state index in [1.807, 2.05) is 0 Å². The van der Waals surface area contributed by atoms with E-state index in [1.165, 1.54) is 225 Å². The number of aliphatic hydroxyl groups is 1. The van der Waals surface area contributed by atoms with Crippen LogP contribution in [0.1, 0.15) is 407 Å². The summed E-state index contributed by atoms with van der Waals surface area (Å²) in [6, 6.07) is 0. The molecule has 96 heavy (non-hydrogen) atoms. The van der Waals surface area contributed by atoms with Gasteiger partial charge in [0.05, 0.1) is 26.4 Å². The highest BCUT2D eigenvalue weighted by Gasteiger charge is 2.30. The number of phosphoric acid groups is 2. The summed E-state index contributed by atoms with van der Waals surface area (Å²) in [5.41, 5.74) is 0. The molecule has 0 aromatic rings. The third kappa shape index (κ3) is 69.2. The summed E-state index contributed by atoms with van der Waals surface area (Å²) < 4.78 is 68.5. The van der Waals surface area contributed by atoms with Crippen LogP contribution in [0.2, 0.25) is 0 Å². The number of carbonyl (C=O) groups excluding carboxylic acids is 4. The van der Waals surface area contributed by atoms with Gasteiger partial charge >= 0.3 is 39.5 Å². The van der Waals surface area contributed by atoms with Gasteiger partial charge in [0.1, 0.15) is 19.3 Å². The molecule has 0 saturated heterocycles. The van der Waals surface area contributed by atoms with Crippen LogP contribution in [0.5, 0.6) is 0 Å². The van der Waals surface area contributed by atoms with E-state index in [9.17, 15) is 43.2 Å². The first-order chi connectivity index (χ1) is 46.6. The molecule has 3 N–H and O–H groups in total. The van der Waals surface area contributed by atoms with E-state index in [0.29, 0.717) is 25.7 Å². The van der Waals surface area contributed by atoms with Gasteiger partial charge in [0, 0.05) is 25.7 Å². The van der Waals surface area contributed by atoms with Crippen molar-refractivity contribution >= 4 is 39.5 Å². The molecule has 0 radical (unpaired) electrons. The molecule has 0 aromatic carbocycles. The first-order valence-corrected chi connectivity index (χ1v) is 43.2. The molecule has 0 fully saturated rings. The van der Waals surface area contributed by atoms with Gasteiger partial charge in [-0.3, -0.25) is 37.3 Å². The molecule has 0 spiro atoms. The molecule has 0 rings (SSSR count). The standard InChI is InChI=1S/C77H150O17P2/c1-6-10-13-16-19-22-25-27-29-30-31-32-33-35-37-40-43-46-53-58-63-77(82)93-72(66-87-74(79)60-55-50-44-41-39-36-34-28-26-23-20-17-14-11-7-2)68-91-95(83,84)89-64-71(78)65-90-96(85,86)92-69-73(67-88-75(80)61-56-51-48-47-49-54-59-70(5)9-4)94-76(81)62-57-52-45-42-38-24-21-18-15-12-8-3/h70-73,78H,6-69H2,1-5H3,(H,83,84)(H,85,86)/t70?,71-,72-,73-/m1/s1. The van der Waals surface area contributed by atoms with Crippen LogP contribution in [0.3, 0.4) is 0 Å². The van der Waals surface area contributed by atoms with Gasteiger partial charge in [-0.2, -0.15) is 0 Å². The highest BCUT2D eigenvalue weighted by molar-refractivity contribution is 7.47. The molecule has 6 atom stereocenters. The van der Waals surface area contributed by atoms with Crippen LogP contribution in [0, 0.1) is 5.92 Å². The van der Waals surface area contributed by atoms with Gasteiger partial charge in [0.15, 0.2) is 12.2 Å². The highest BCUT2D eigenvalue weighted by atomic mass is 31.2. The molecule has 3 unspecified atom stereocenters. The van der Waals surface area contributed by atoms with Crippen LogP contribution >= 0.6 is 15.6 Å².